The predicted molar refractivity (Wildman–Crippen MR) is 82.9 cm³/mol. The van der Waals surface area contributed by atoms with E-state index in [1.54, 1.807) is 0 Å². The zero-order valence-corrected chi connectivity index (χ0v) is 12.1. The van der Waals surface area contributed by atoms with E-state index in [4.69, 9.17) is 0 Å². The molecule has 4 nitrogen and oxygen atoms in total. The maximum Gasteiger partial charge on any atom is 0.238 e. The van der Waals surface area contributed by atoms with Gasteiger partial charge in [0.25, 0.3) is 0 Å². The van der Waals surface area contributed by atoms with Crippen LogP contribution in [0.4, 0.5) is 5.69 Å². The Kier molecular flexibility index (Phi) is 5.32. The molecule has 1 heterocycles. The normalized spacial score (nSPS) is 16.9. The van der Waals surface area contributed by atoms with Gasteiger partial charge in [0.05, 0.1) is 6.54 Å². The third kappa shape index (κ3) is 4.47. The fourth-order valence-corrected chi connectivity index (χ4v) is 2.44. The summed E-state index contributed by atoms with van der Waals surface area (Å²) in [5, 5.41) is 2.96. The first-order valence-electron chi connectivity index (χ1n) is 7.09. The van der Waals surface area contributed by atoms with Crippen molar-refractivity contribution in [3.05, 3.63) is 42.5 Å². The van der Waals surface area contributed by atoms with Crippen LogP contribution < -0.4 is 5.32 Å². The molecule has 108 valence electrons. The summed E-state index contributed by atoms with van der Waals surface area (Å²) in [6.45, 7) is 11.1. The van der Waals surface area contributed by atoms with Crippen LogP contribution in [-0.2, 0) is 4.79 Å². The van der Waals surface area contributed by atoms with Gasteiger partial charge in [-0.15, -0.1) is 6.58 Å². The fourth-order valence-electron chi connectivity index (χ4n) is 2.44. The number of amides is 1. The van der Waals surface area contributed by atoms with Crippen LogP contribution in [0.15, 0.2) is 36.9 Å². The first-order valence-corrected chi connectivity index (χ1v) is 7.09. The third-order valence-electron chi connectivity index (χ3n) is 3.52. The number of benzene rings is 1. The maximum atomic E-state index is 12.0. The zero-order chi connectivity index (χ0) is 14.4. The van der Waals surface area contributed by atoms with Crippen LogP contribution in [0, 0.1) is 6.92 Å². The van der Waals surface area contributed by atoms with Gasteiger partial charge in [-0.05, 0) is 24.6 Å². The largest absolute Gasteiger partial charge is 0.325 e. The number of rotatable bonds is 5. The Labute approximate surface area is 121 Å². The minimum absolute atomic E-state index is 0.0628. The van der Waals surface area contributed by atoms with Crippen LogP contribution in [0.1, 0.15) is 5.56 Å². The van der Waals surface area contributed by atoms with Crippen molar-refractivity contribution in [2.24, 2.45) is 0 Å². The van der Waals surface area contributed by atoms with Crippen molar-refractivity contribution in [1.29, 1.82) is 0 Å². The second kappa shape index (κ2) is 7.22. The predicted octanol–water partition coefficient (Wildman–Crippen LogP) is 1.74. The second-order valence-corrected chi connectivity index (χ2v) is 5.28. The molecular formula is C16H23N3O. The molecule has 1 amide bonds. The van der Waals surface area contributed by atoms with E-state index in [-0.39, 0.29) is 5.91 Å². The van der Waals surface area contributed by atoms with Gasteiger partial charge in [0, 0.05) is 38.4 Å². The molecule has 1 aliphatic heterocycles. The lowest BCUT2D eigenvalue weighted by atomic mass is 10.2. The number of hydrogen-bond donors (Lipinski definition) is 1. The highest BCUT2D eigenvalue weighted by atomic mass is 16.2. The topological polar surface area (TPSA) is 35.6 Å². The summed E-state index contributed by atoms with van der Waals surface area (Å²) in [5.74, 6) is 0.0628. The lowest BCUT2D eigenvalue weighted by Gasteiger charge is -2.33. The van der Waals surface area contributed by atoms with Gasteiger partial charge < -0.3 is 5.32 Å². The van der Waals surface area contributed by atoms with E-state index in [9.17, 15) is 4.79 Å². The van der Waals surface area contributed by atoms with E-state index >= 15 is 0 Å². The van der Waals surface area contributed by atoms with Crippen molar-refractivity contribution < 1.29 is 4.79 Å². The number of carbonyl (C=O) groups excluding carboxylic acids is 1. The Balaban J connectivity index is 1.77. The van der Waals surface area contributed by atoms with Crippen LogP contribution in [-0.4, -0.2) is 55.0 Å². The van der Waals surface area contributed by atoms with Crippen LogP contribution in [0.2, 0.25) is 0 Å². The van der Waals surface area contributed by atoms with E-state index in [2.05, 4.69) is 21.7 Å². The first kappa shape index (κ1) is 14.8. The molecule has 0 unspecified atom stereocenters. The van der Waals surface area contributed by atoms with Gasteiger partial charge in [-0.3, -0.25) is 14.6 Å². The Morgan fingerprint density at radius 1 is 1.30 bits per heavy atom. The van der Waals surface area contributed by atoms with E-state index in [0.717, 1.165) is 44.0 Å². The van der Waals surface area contributed by atoms with E-state index < -0.39 is 0 Å². The van der Waals surface area contributed by atoms with Crippen LogP contribution in [0.5, 0.6) is 0 Å². The summed E-state index contributed by atoms with van der Waals surface area (Å²) >= 11 is 0. The quantitative estimate of drug-likeness (QED) is 0.830. The number of piperazine rings is 1. The lowest BCUT2D eigenvalue weighted by molar-refractivity contribution is -0.117. The number of hydrogen-bond acceptors (Lipinski definition) is 3. The Hall–Kier alpha value is -1.65. The molecule has 1 aromatic rings. The Morgan fingerprint density at radius 2 is 2.00 bits per heavy atom. The maximum absolute atomic E-state index is 12.0. The van der Waals surface area contributed by atoms with Gasteiger partial charge in [-0.25, -0.2) is 0 Å². The van der Waals surface area contributed by atoms with Gasteiger partial charge >= 0.3 is 0 Å². The van der Waals surface area contributed by atoms with E-state index in [1.807, 2.05) is 37.3 Å². The van der Waals surface area contributed by atoms with E-state index in [1.165, 1.54) is 0 Å². The molecule has 1 saturated heterocycles. The van der Waals surface area contributed by atoms with Crippen LogP contribution in [0.25, 0.3) is 0 Å². The molecule has 0 saturated carbocycles. The molecule has 2 rings (SSSR count). The summed E-state index contributed by atoms with van der Waals surface area (Å²) < 4.78 is 0. The number of nitrogens with one attached hydrogen (secondary N) is 1. The van der Waals surface area contributed by atoms with Crippen molar-refractivity contribution in [3.8, 4) is 0 Å². The Morgan fingerprint density at radius 3 is 2.65 bits per heavy atom. The first-order chi connectivity index (χ1) is 9.67. The molecule has 0 bridgehead atoms. The van der Waals surface area contributed by atoms with Crippen LogP contribution in [0.3, 0.4) is 0 Å². The van der Waals surface area contributed by atoms with Crippen LogP contribution >= 0.6 is 0 Å². The summed E-state index contributed by atoms with van der Waals surface area (Å²) in [6, 6.07) is 7.89. The standard InChI is InChI=1S/C16H23N3O/c1-3-7-18-8-10-19(11-9-18)13-16(20)17-15-6-4-5-14(2)12-15/h3-6,12H,1,7-11,13H2,2H3,(H,17,20). The summed E-state index contributed by atoms with van der Waals surface area (Å²) in [4.78, 5) is 16.6. The third-order valence-corrected chi connectivity index (χ3v) is 3.52. The molecule has 0 atom stereocenters. The van der Waals surface area contributed by atoms with E-state index in [0.29, 0.717) is 6.54 Å². The molecular weight excluding hydrogens is 250 g/mol. The highest BCUT2D eigenvalue weighted by Crippen LogP contribution is 2.09. The molecule has 1 fully saturated rings. The van der Waals surface area contributed by atoms with Crippen molar-refractivity contribution in [2.75, 3.05) is 44.6 Å². The smallest absolute Gasteiger partial charge is 0.238 e. The minimum Gasteiger partial charge on any atom is -0.325 e. The van der Waals surface area contributed by atoms with Gasteiger partial charge in [0.15, 0.2) is 0 Å². The second-order valence-electron chi connectivity index (χ2n) is 5.28. The van der Waals surface area contributed by atoms with Crippen molar-refractivity contribution in [3.63, 3.8) is 0 Å². The zero-order valence-electron chi connectivity index (χ0n) is 12.1. The summed E-state index contributed by atoms with van der Waals surface area (Å²) in [6.07, 6.45) is 1.93. The average molecular weight is 273 g/mol. The lowest BCUT2D eigenvalue weighted by Crippen LogP contribution is -2.48. The highest BCUT2D eigenvalue weighted by molar-refractivity contribution is 5.92. The molecule has 0 spiro atoms. The number of carbonyl (C=O) groups is 1. The molecule has 1 aromatic carbocycles. The van der Waals surface area contributed by atoms with Crippen molar-refractivity contribution in [2.45, 2.75) is 6.92 Å². The minimum atomic E-state index is 0.0628. The van der Waals surface area contributed by atoms with Gasteiger partial charge in [-0.1, -0.05) is 18.2 Å². The number of anilines is 1. The summed E-state index contributed by atoms with van der Waals surface area (Å²) in [5.41, 5.74) is 2.03. The monoisotopic (exact) mass is 273 g/mol. The molecule has 1 aliphatic rings. The number of nitrogens with zero attached hydrogens (tertiary/aromatic N) is 2. The SMILES string of the molecule is C=CCN1CCN(CC(=O)Nc2cccc(C)c2)CC1. The molecule has 4 heteroatoms. The molecule has 0 aliphatic carbocycles. The van der Waals surface area contributed by atoms with Crippen molar-refractivity contribution in [1.82, 2.24) is 9.80 Å². The summed E-state index contributed by atoms with van der Waals surface area (Å²) in [7, 11) is 0. The van der Waals surface area contributed by atoms with Gasteiger partial charge in [0.1, 0.15) is 0 Å². The molecule has 1 N–H and O–H groups in total. The Bertz CT molecular complexity index is 465. The highest BCUT2D eigenvalue weighted by Gasteiger charge is 2.17. The fraction of sp³-hybridized carbons (Fsp3) is 0.438. The van der Waals surface area contributed by atoms with Gasteiger partial charge in [0.2, 0.25) is 5.91 Å². The molecule has 20 heavy (non-hydrogen) atoms. The van der Waals surface area contributed by atoms with Crippen molar-refractivity contribution >= 4 is 11.6 Å². The van der Waals surface area contributed by atoms with Gasteiger partial charge in [-0.2, -0.15) is 0 Å². The average Bonchev–Trinajstić information content (AvgIpc) is 2.41. The molecule has 0 radical (unpaired) electrons. The number of aryl methyl sites for hydroxylation is 1. The molecule has 0 aromatic heterocycles.